The third kappa shape index (κ3) is 2.48. The molecule has 0 fully saturated rings. The van der Waals surface area contributed by atoms with Crippen molar-refractivity contribution in [3.63, 3.8) is 0 Å². The van der Waals surface area contributed by atoms with Gasteiger partial charge in [-0.15, -0.1) is 0 Å². The van der Waals surface area contributed by atoms with Gasteiger partial charge in [-0.1, -0.05) is 6.07 Å². The normalized spacial score (nSPS) is 13.6. The molecule has 0 aliphatic rings. The van der Waals surface area contributed by atoms with E-state index in [4.69, 9.17) is 9.79 Å². The van der Waals surface area contributed by atoms with E-state index in [2.05, 4.69) is 4.98 Å². The van der Waals surface area contributed by atoms with Gasteiger partial charge in [0.15, 0.2) is 11.4 Å². The zero-order valence-corrected chi connectivity index (χ0v) is 8.39. The Bertz CT molecular complexity index is 372. The van der Waals surface area contributed by atoms with Crippen LogP contribution in [0.3, 0.4) is 0 Å². The summed E-state index contributed by atoms with van der Waals surface area (Å²) in [5.41, 5.74) is -1.34. The van der Waals surface area contributed by atoms with Gasteiger partial charge in [0.2, 0.25) is 0 Å². The van der Waals surface area contributed by atoms with E-state index >= 15 is 0 Å². The Labute approximate surface area is 81.0 Å². The number of hydrogen-bond donors (Lipinski definition) is 2. The van der Waals surface area contributed by atoms with Crippen molar-refractivity contribution >= 4 is 13.4 Å². The van der Waals surface area contributed by atoms with E-state index in [0.717, 1.165) is 6.92 Å². The molecule has 2 N–H and O–H groups in total. The summed E-state index contributed by atoms with van der Waals surface area (Å²) in [6.45, 7) is 1.14. The summed E-state index contributed by atoms with van der Waals surface area (Å²) in [6.07, 6.45) is 1.39. The Balaban J connectivity index is 3.15. The fraction of sp³-hybridized carbons (Fsp3) is 0.250. The van der Waals surface area contributed by atoms with E-state index in [0.29, 0.717) is 0 Å². The van der Waals surface area contributed by atoms with Crippen LogP contribution in [0.25, 0.3) is 0 Å². The molecule has 0 aliphatic heterocycles. The minimum Gasteiger partial charge on any atom is -0.324 e. The molecule has 0 amide bonds. The SMILES string of the molecule is CC(=O)C(c1ccccn1)P(=O)(O)O. The maximum absolute atomic E-state index is 11.1. The molecule has 0 saturated heterocycles. The third-order valence-corrected chi connectivity index (χ3v) is 2.99. The molecule has 0 aromatic carbocycles. The van der Waals surface area contributed by atoms with E-state index < -0.39 is 19.0 Å². The maximum atomic E-state index is 11.1. The summed E-state index contributed by atoms with van der Waals surface area (Å²) in [7, 11) is -4.47. The zero-order chi connectivity index (χ0) is 10.8. The van der Waals surface area contributed by atoms with Crippen molar-refractivity contribution in [2.45, 2.75) is 12.6 Å². The number of carbonyl (C=O) groups excluding carboxylic acids is 1. The van der Waals surface area contributed by atoms with Gasteiger partial charge in [-0.05, 0) is 19.1 Å². The van der Waals surface area contributed by atoms with Crippen LogP contribution < -0.4 is 0 Å². The van der Waals surface area contributed by atoms with Crippen molar-refractivity contribution in [2.75, 3.05) is 0 Å². The second-order valence-corrected chi connectivity index (χ2v) is 4.55. The van der Waals surface area contributed by atoms with Crippen molar-refractivity contribution in [1.29, 1.82) is 0 Å². The molecule has 0 saturated carbocycles. The van der Waals surface area contributed by atoms with Gasteiger partial charge in [0, 0.05) is 6.20 Å². The molecule has 1 unspecified atom stereocenters. The Morgan fingerprint density at radius 1 is 1.50 bits per heavy atom. The second kappa shape index (κ2) is 4.00. The highest BCUT2D eigenvalue weighted by atomic mass is 31.2. The van der Waals surface area contributed by atoms with Crippen LogP contribution in [0.4, 0.5) is 0 Å². The topological polar surface area (TPSA) is 87.5 Å². The number of nitrogens with zero attached hydrogens (tertiary/aromatic N) is 1. The van der Waals surface area contributed by atoms with Gasteiger partial charge < -0.3 is 9.79 Å². The molecule has 5 nitrogen and oxygen atoms in total. The highest BCUT2D eigenvalue weighted by Crippen LogP contribution is 2.51. The number of Topliss-reactive ketones (excluding diaryl/α,β-unsaturated/α-hetero) is 1. The zero-order valence-electron chi connectivity index (χ0n) is 7.49. The Morgan fingerprint density at radius 2 is 2.14 bits per heavy atom. The van der Waals surface area contributed by atoms with Gasteiger partial charge in [0.1, 0.15) is 0 Å². The van der Waals surface area contributed by atoms with Crippen LogP contribution in [0.5, 0.6) is 0 Å². The number of rotatable bonds is 3. The van der Waals surface area contributed by atoms with E-state index in [-0.39, 0.29) is 5.69 Å². The second-order valence-electron chi connectivity index (χ2n) is 2.86. The van der Waals surface area contributed by atoms with Gasteiger partial charge in [0.05, 0.1) is 5.69 Å². The quantitative estimate of drug-likeness (QED) is 0.731. The van der Waals surface area contributed by atoms with E-state index in [1.165, 1.54) is 12.3 Å². The lowest BCUT2D eigenvalue weighted by atomic mass is 10.2. The summed E-state index contributed by atoms with van der Waals surface area (Å²) in [5.74, 6) is -0.586. The summed E-state index contributed by atoms with van der Waals surface area (Å²) < 4.78 is 11.0. The summed E-state index contributed by atoms with van der Waals surface area (Å²) in [6, 6.07) is 4.61. The van der Waals surface area contributed by atoms with Crippen LogP contribution in [0.2, 0.25) is 0 Å². The predicted molar refractivity (Wildman–Crippen MR) is 49.7 cm³/mol. The molecular formula is C8H10NO4P. The Hall–Kier alpha value is -1.03. The molecule has 1 aromatic rings. The number of ketones is 1. The Morgan fingerprint density at radius 3 is 2.50 bits per heavy atom. The van der Waals surface area contributed by atoms with Crippen molar-refractivity contribution in [2.24, 2.45) is 0 Å². The van der Waals surface area contributed by atoms with Crippen LogP contribution in [-0.2, 0) is 9.36 Å². The highest BCUT2D eigenvalue weighted by Gasteiger charge is 2.35. The molecule has 76 valence electrons. The summed E-state index contributed by atoms with van der Waals surface area (Å²) in [5, 5.41) is 0. The maximum Gasteiger partial charge on any atom is 0.341 e. The molecule has 0 aliphatic carbocycles. The van der Waals surface area contributed by atoms with Crippen molar-refractivity contribution in [3.8, 4) is 0 Å². The monoisotopic (exact) mass is 215 g/mol. The van der Waals surface area contributed by atoms with Crippen LogP contribution >= 0.6 is 7.60 Å². The lowest BCUT2D eigenvalue weighted by Gasteiger charge is -2.14. The first-order chi connectivity index (χ1) is 6.43. The standard InChI is InChI=1S/C8H10NO4P/c1-6(10)8(14(11,12)13)7-4-2-3-5-9-7/h2-5,8H,1H3,(H2,11,12,13). The molecule has 1 rings (SSSR count). The van der Waals surface area contributed by atoms with Crippen LogP contribution in [0.15, 0.2) is 24.4 Å². The number of aromatic nitrogens is 1. The van der Waals surface area contributed by atoms with Crippen LogP contribution in [-0.4, -0.2) is 20.6 Å². The average molecular weight is 215 g/mol. The minimum absolute atomic E-state index is 0.105. The third-order valence-electron chi connectivity index (χ3n) is 1.69. The fourth-order valence-corrected chi connectivity index (χ4v) is 2.13. The van der Waals surface area contributed by atoms with Crippen LogP contribution in [0.1, 0.15) is 18.3 Å². The summed E-state index contributed by atoms with van der Waals surface area (Å²) in [4.78, 5) is 32.7. The van der Waals surface area contributed by atoms with Crippen molar-refractivity contribution in [3.05, 3.63) is 30.1 Å². The molecule has 0 bridgehead atoms. The van der Waals surface area contributed by atoms with Crippen LogP contribution in [0, 0.1) is 0 Å². The van der Waals surface area contributed by atoms with Gasteiger partial charge in [-0.2, -0.15) is 0 Å². The summed E-state index contributed by atoms with van der Waals surface area (Å²) >= 11 is 0. The lowest BCUT2D eigenvalue weighted by Crippen LogP contribution is -2.10. The van der Waals surface area contributed by atoms with Gasteiger partial charge >= 0.3 is 7.60 Å². The largest absolute Gasteiger partial charge is 0.341 e. The van der Waals surface area contributed by atoms with Gasteiger partial charge in [0.25, 0.3) is 0 Å². The first-order valence-electron chi connectivity index (χ1n) is 3.89. The lowest BCUT2D eigenvalue weighted by molar-refractivity contribution is -0.117. The predicted octanol–water partition coefficient (Wildman–Crippen LogP) is 0.889. The molecule has 1 aromatic heterocycles. The highest BCUT2D eigenvalue weighted by molar-refractivity contribution is 7.53. The van der Waals surface area contributed by atoms with Crippen molar-refractivity contribution in [1.82, 2.24) is 4.98 Å². The van der Waals surface area contributed by atoms with Gasteiger partial charge in [-0.25, -0.2) is 0 Å². The Kier molecular flexibility index (Phi) is 3.16. The fourth-order valence-electron chi connectivity index (χ4n) is 1.16. The first kappa shape index (κ1) is 11.0. The molecule has 0 radical (unpaired) electrons. The number of hydrogen-bond acceptors (Lipinski definition) is 3. The molecule has 14 heavy (non-hydrogen) atoms. The first-order valence-corrected chi connectivity index (χ1v) is 5.57. The molecule has 0 spiro atoms. The minimum atomic E-state index is -4.47. The van der Waals surface area contributed by atoms with E-state index in [9.17, 15) is 9.36 Å². The van der Waals surface area contributed by atoms with E-state index in [1.807, 2.05) is 0 Å². The molecule has 1 atom stereocenters. The molecular weight excluding hydrogens is 205 g/mol. The van der Waals surface area contributed by atoms with Gasteiger partial charge in [-0.3, -0.25) is 14.3 Å². The molecule has 6 heteroatoms. The van der Waals surface area contributed by atoms with E-state index in [1.54, 1.807) is 12.1 Å². The number of pyridine rings is 1. The number of carbonyl (C=O) groups is 1. The van der Waals surface area contributed by atoms with Crippen molar-refractivity contribution < 1.29 is 19.1 Å². The smallest absolute Gasteiger partial charge is 0.324 e. The average Bonchev–Trinajstić information content (AvgIpc) is 2.02. The molecule has 1 heterocycles.